The second-order valence-electron chi connectivity index (χ2n) is 4.16. The Morgan fingerprint density at radius 2 is 2.31 bits per heavy atom. The summed E-state index contributed by atoms with van der Waals surface area (Å²) in [6, 6.07) is 1.99. The Hall–Kier alpha value is -1.49. The fourth-order valence-electron chi connectivity index (χ4n) is 1.85. The molecule has 0 aliphatic heterocycles. The number of aryl methyl sites for hydroxylation is 1. The Kier molecular flexibility index (Phi) is 2.14. The summed E-state index contributed by atoms with van der Waals surface area (Å²) >= 11 is 5.28. The predicted octanol–water partition coefficient (Wildman–Crippen LogP) is 2.51. The molecule has 0 atom stereocenters. The molecule has 2 aromatic rings. The van der Waals surface area contributed by atoms with E-state index >= 15 is 0 Å². The minimum atomic E-state index is 0.563. The van der Waals surface area contributed by atoms with E-state index in [1.807, 2.05) is 16.8 Å². The zero-order chi connectivity index (χ0) is 11.1. The van der Waals surface area contributed by atoms with Gasteiger partial charge in [0.25, 0.3) is 0 Å². The highest BCUT2D eigenvalue weighted by Gasteiger charge is 2.29. The first-order valence-corrected chi connectivity index (χ1v) is 5.76. The van der Waals surface area contributed by atoms with Crippen LogP contribution < -0.4 is 0 Å². The lowest BCUT2D eigenvalue weighted by atomic mass is 10.2. The van der Waals surface area contributed by atoms with Crippen LogP contribution >= 0.6 is 12.2 Å². The number of pyridine rings is 1. The van der Waals surface area contributed by atoms with E-state index in [2.05, 4.69) is 22.1 Å². The van der Waals surface area contributed by atoms with Gasteiger partial charge in [0.05, 0.1) is 11.9 Å². The molecule has 0 spiro atoms. The molecule has 0 saturated heterocycles. The van der Waals surface area contributed by atoms with Crippen molar-refractivity contribution >= 4 is 12.2 Å². The average molecular weight is 232 g/mol. The third-order valence-corrected chi connectivity index (χ3v) is 3.17. The van der Waals surface area contributed by atoms with Gasteiger partial charge in [0, 0.05) is 12.1 Å². The van der Waals surface area contributed by atoms with Gasteiger partial charge in [-0.1, -0.05) is 0 Å². The zero-order valence-electron chi connectivity index (χ0n) is 8.97. The molecule has 1 fully saturated rings. The molecule has 4 nitrogen and oxygen atoms in total. The number of hydrogen-bond acceptors (Lipinski definition) is 3. The summed E-state index contributed by atoms with van der Waals surface area (Å²) in [5, 5.41) is 7.19. The largest absolute Gasteiger partial charge is 0.270 e. The summed E-state index contributed by atoms with van der Waals surface area (Å²) in [6.07, 6.45) is 6.05. The van der Waals surface area contributed by atoms with Crippen molar-refractivity contribution in [1.82, 2.24) is 19.7 Å². The van der Waals surface area contributed by atoms with Crippen LogP contribution in [0.25, 0.3) is 5.69 Å². The lowest BCUT2D eigenvalue weighted by Crippen LogP contribution is -2.02. The van der Waals surface area contributed by atoms with E-state index < -0.39 is 0 Å². The Bertz CT molecular complexity index is 580. The molecule has 0 amide bonds. The summed E-state index contributed by atoms with van der Waals surface area (Å²) in [7, 11) is 0. The van der Waals surface area contributed by atoms with E-state index in [0.29, 0.717) is 10.7 Å². The number of nitrogens with one attached hydrogen (secondary N) is 1. The molecule has 0 bridgehead atoms. The van der Waals surface area contributed by atoms with E-state index in [9.17, 15) is 0 Å². The van der Waals surface area contributed by atoms with Crippen LogP contribution in [0, 0.1) is 11.7 Å². The highest BCUT2D eigenvalue weighted by molar-refractivity contribution is 7.71. The monoisotopic (exact) mass is 232 g/mol. The summed E-state index contributed by atoms with van der Waals surface area (Å²) in [5.41, 5.74) is 2.19. The molecule has 1 aliphatic carbocycles. The molecule has 0 unspecified atom stereocenters. The Labute approximate surface area is 98.3 Å². The maximum Gasteiger partial charge on any atom is 0.199 e. The number of nitrogens with zero attached hydrogens (tertiary/aromatic N) is 3. The third-order valence-electron chi connectivity index (χ3n) is 2.89. The third kappa shape index (κ3) is 1.48. The molecule has 82 valence electrons. The number of aromatic amines is 1. The van der Waals surface area contributed by atoms with Gasteiger partial charge in [0.2, 0.25) is 0 Å². The zero-order valence-corrected chi connectivity index (χ0v) is 9.79. The van der Waals surface area contributed by atoms with E-state index in [1.54, 1.807) is 6.20 Å². The number of hydrogen-bond donors (Lipinski definition) is 1. The van der Waals surface area contributed by atoms with E-state index in [0.717, 1.165) is 17.1 Å². The van der Waals surface area contributed by atoms with Crippen LogP contribution in [0.15, 0.2) is 18.5 Å². The van der Waals surface area contributed by atoms with E-state index in [4.69, 9.17) is 12.2 Å². The van der Waals surface area contributed by atoms with Crippen molar-refractivity contribution in [3.05, 3.63) is 34.6 Å². The summed E-state index contributed by atoms with van der Waals surface area (Å²) in [6.45, 7) is 2.06. The van der Waals surface area contributed by atoms with Crippen LogP contribution in [0.4, 0.5) is 0 Å². The minimum absolute atomic E-state index is 0.563. The quantitative estimate of drug-likeness (QED) is 0.809. The van der Waals surface area contributed by atoms with Gasteiger partial charge in [-0.2, -0.15) is 5.10 Å². The van der Waals surface area contributed by atoms with Crippen molar-refractivity contribution in [2.24, 2.45) is 0 Å². The highest BCUT2D eigenvalue weighted by atomic mass is 32.1. The SMILES string of the molecule is Cc1ccncc1-n1c(C2CC2)n[nH]c1=S. The van der Waals surface area contributed by atoms with Crippen LogP contribution in [0.2, 0.25) is 0 Å². The van der Waals surface area contributed by atoms with E-state index in [-0.39, 0.29) is 0 Å². The van der Waals surface area contributed by atoms with Crippen molar-refractivity contribution in [2.75, 3.05) is 0 Å². The van der Waals surface area contributed by atoms with Gasteiger partial charge in [0.15, 0.2) is 4.77 Å². The molecule has 16 heavy (non-hydrogen) atoms. The first kappa shape index (κ1) is 9.72. The average Bonchev–Trinajstić information content (AvgIpc) is 3.04. The molecular weight excluding hydrogens is 220 g/mol. The van der Waals surface area contributed by atoms with Crippen molar-refractivity contribution in [2.45, 2.75) is 25.7 Å². The molecule has 5 heteroatoms. The molecule has 1 N–H and O–H groups in total. The normalized spacial score (nSPS) is 15.3. The number of aromatic nitrogens is 4. The second-order valence-corrected chi connectivity index (χ2v) is 4.55. The fraction of sp³-hybridized carbons (Fsp3) is 0.364. The fourth-order valence-corrected chi connectivity index (χ4v) is 2.08. The van der Waals surface area contributed by atoms with Crippen LogP contribution in [-0.2, 0) is 0 Å². The lowest BCUT2D eigenvalue weighted by Gasteiger charge is -2.08. The molecule has 1 saturated carbocycles. The molecular formula is C11H12N4S. The molecule has 3 rings (SSSR count). The van der Waals surface area contributed by atoms with Crippen LogP contribution in [0.5, 0.6) is 0 Å². The topological polar surface area (TPSA) is 46.5 Å². The van der Waals surface area contributed by atoms with Crippen molar-refractivity contribution < 1.29 is 0 Å². The van der Waals surface area contributed by atoms with Crippen LogP contribution in [0.1, 0.15) is 30.1 Å². The number of H-pyrrole nitrogens is 1. The molecule has 2 aromatic heterocycles. The maximum atomic E-state index is 5.28. The summed E-state index contributed by atoms with van der Waals surface area (Å²) in [4.78, 5) is 4.15. The lowest BCUT2D eigenvalue weighted by molar-refractivity contribution is 0.860. The minimum Gasteiger partial charge on any atom is -0.270 e. The van der Waals surface area contributed by atoms with Crippen molar-refractivity contribution in [1.29, 1.82) is 0 Å². The van der Waals surface area contributed by atoms with E-state index in [1.165, 1.54) is 12.8 Å². The van der Waals surface area contributed by atoms with Gasteiger partial charge in [-0.15, -0.1) is 0 Å². The van der Waals surface area contributed by atoms with Crippen molar-refractivity contribution in [3.8, 4) is 5.69 Å². The molecule has 0 aromatic carbocycles. The second kappa shape index (κ2) is 3.52. The Morgan fingerprint density at radius 1 is 1.50 bits per heavy atom. The van der Waals surface area contributed by atoms with Crippen LogP contribution in [0.3, 0.4) is 0 Å². The van der Waals surface area contributed by atoms with Gasteiger partial charge < -0.3 is 0 Å². The molecule has 2 heterocycles. The first-order valence-electron chi connectivity index (χ1n) is 5.35. The van der Waals surface area contributed by atoms with Gasteiger partial charge in [-0.05, 0) is 43.6 Å². The summed E-state index contributed by atoms with van der Waals surface area (Å²) in [5.74, 6) is 1.61. The van der Waals surface area contributed by atoms with Gasteiger partial charge >= 0.3 is 0 Å². The summed E-state index contributed by atoms with van der Waals surface area (Å²) < 4.78 is 2.66. The Morgan fingerprint density at radius 3 is 3.00 bits per heavy atom. The molecule has 1 aliphatic rings. The highest BCUT2D eigenvalue weighted by Crippen LogP contribution is 2.39. The molecule has 0 radical (unpaired) electrons. The van der Waals surface area contributed by atoms with Crippen molar-refractivity contribution in [3.63, 3.8) is 0 Å². The standard InChI is InChI=1S/C11H12N4S/c1-7-4-5-12-6-9(7)15-10(8-2-3-8)13-14-11(15)16/h4-6,8H,2-3H2,1H3,(H,14,16). The Balaban J connectivity index is 2.22. The van der Waals surface area contributed by atoms with Crippen LogP contribution in [-0.4, -0.2) is 19.7 Å². The predicted molar refractivity (Wildman–Crippen MR) is 63.3 cm³/mol. The maximum absolute atomic E-state index is 5.28. The van der Waals surface area contributed by atoms with Gasteiger partial charge in [-0.3, -0.25) is 14.6 Å². The first-order chi connectivity index (χ1) is 7.77. The smallest absolute Gasteiger partial charge is 0.199 e. The van der Waals surface area contributed by atoms with Gasteiger partial charge in [0.1, 0.15) is 5.82 Å². The number of rotatable bonds is 2. The van der Waals surface area contributed by atoms with Gasteiger partial charge in [-0.25, -0.2) is 0 Å².